The Labute approximate surface area is 157 Å². The number of rotatable bonds is 7. The number of benzene rings is 3. The van der Waals surface area contributed by atoms with Crippen LogP contribution in [-0.2, 0) is 4.79 Å². The highest BCUT2D eigenvalue weighted by molar-refractivity contribution is 6.31. The van der Waals surface area contributed by atoms with E-state index in [4.69, 9.17) is 21.1 Å². The summed E-state index contributed by atoms with van der Waals surface area (Å²) in [4.78, 5) is 11.9. The highest BCUT2D eigenvalue weighted by Gasteiger charge is 2.06. The van der Waals surface area contributed by atoms with Gasteiger partial charge in [-0.05, 0) is 36.1 Å². The van der Waals surface area contributed by atoms with Gasteiger partial charge in [0.05, 0.1) is 6.54 Å². The average molecular weight is 370 g/mol. The summed E-state index contributed by atoms with van der Waals surface area (Å²) in [6.07, 6.45) is 0. The van der Waals surface area contributed by atoms with Crippen LogP contribution < -0.4 is 14.8 Å². The number of nitrogens with one attached hydrogen (secondary N) is 1. The molecule has 5 heteroatoms. The van der Waals surface area contributed by atoms with Gasteiger partial charge in [-0.2, -0.15) is 0 Å². The first-order valence-corrected chi connectivity index (χ1v) is 8.77. The third kappa shape index (κ3) is 4.67. The zero-order valence-corrected chi connectivity index (χ0v) is 15.3. The largest absolute Gasteiger partial charge is 0.492 e. The van der Waals surface area contributed by atoms with E-state index in [0.717, 1.165) is 16.3 Å². The van der Waals surface area contributed by atoms with Gasteiger partial charge in [-0.1, -0.05) is 54.1 Å². The second-order valence-electron chi connectivity index (χ2n) is 5.88. The molecule has 0 atom stereocenters. The standard InChI is InChI=1S/C21H20ClNO3/c1-15-9-10-17(13-19(15)22)25-12-11-23-21(24)14-26-20-8-4-6-16-5-2-3-7-18(16)20/h2-10,13H,11-12,14H2,1H3,(H,23,24). The van der Waals surface area contributed by atoms with E-state index in [-0.39, 0.29) is 12.5 Å². The molecule has 26 heavy (non-hydrogen) atoms. The Morgan fingerprint density at radius 1 is 1.04 bits per heavy atom. The smallest absolute Gasteiger partial charge is 0.258 e. The zero-order valence-electron chi connectivity index (χ0n) is 14.5. The normalized spacial score (nSPS) is 10.5. The molecule has 134 valence electrons. The second-order valence-corrected chi connectivity index (χ2v) is 6.28. The summed E-state index contributed by atoms with van der Waals surface area (Å²) in [5.41, 5.74) is 0.998. The summed E-state index contributed by atoms with van der Waals surface area (Å²) >= 11 is 6.05. The van der Waals surface area contributed by atoms with Crippen LogP contribution in [0.1, 0.15) is 5.56 Å². The van der Waals surface area contributed by atoms with Gasteiger partial charge in [-0.3, -0.25) is 4.79 Å². The van der Waals surface area contributed by atoms with E-state index < -0.39 is 0 Å². The molecule has 0 aromatic heterocycles. The molecule has 0 aliphatic carbocycles. The monoisotopic (exact) mass is 369 g/mol. The number of hydrogen-bond donors (Lipinski definition) is 1. The van der Waals surface area contributed by atoms with E-state index in [1.165, 1.54) is 0 Å². The first kappa shape index (κ1) is 18.1. The highest BCUT2D eigenvalue weighted by atomic mass is 35.5. The van der Waals surface area contributed by atoms with Gasteiger partial charge >= 0.3 is 0 Å². The van der Waals surface area contributed by atoms with Crippen LogP contribution >= 0.6 is 11.6 Å². The lowest BCUT2D eigenvalue weighted by Gasteiger charge is -2.11. The van der Waals surface area contributed by atoms with Crippen molar-refractivity contribution in [3.63, 3.8) is 0 Å². The molecular weight excluding hydrogens is 350 g/mol. The third-order valence-electron chi connectivity index (χ3n) is 3.94. The number of carbonyl (C=O) groups excluding carboxylic acids is 1. The number of fused-ring (bicyclic) bond motifs is 1. The molecule has 3 aromatic rings. The minimum Gasteiger partial charge on any atom is -0.492 e. The maximum absolute atomic E-state index is 11.9. The van der Waals surface area contributed by atoms with Gasteiger partial charge in [-0.15, -0.1) is 0 Å². The van der Waals surface area contributed by atoms with Crippen molar-refractivity contribution in [2.75, 3.05) is 19.8 Å². The van der Waals surface area contributed by atoms with Gasteiger partial charge in [0, 0.05) is 10.4 Å². The minimum absolute atomic E-state index is 0.0373. The first-order valence-electron chi connectivity index (χ1n) is 8.40. The maximum Gasteiger partial charge on any atom is 0.258 e. The molecule has 0 radical (unpaired) electrons. The van der Waals surface area contributed by atoms with Crippen LogP contribution in [0.4, 0.5) is 0 Å². The van der Waals surface area contributed by atoms with Crippen LogP contribution in [0.5, 0.6) is 11.5 Å². The zero-order chi connectivity index (χ0) is 18.4. The van der Waals surface area contributed by atoms with Gasteiger partial charge < -0.3 is 14.8 Å². The molecule has 0 saturated heterocycles. The maximum atomic E-state index is 11.9. The molecule has 0 unspecified atom stereocenters. The van der Waals surface area contributed by atoms with E-state index in [0.29, 0.717) is 29.7 Å². The van der Waals surface area contributed by atoms with Crippen molar-refractivity contribution < 1.29 is 14.3 Å². The fourth-order valence-corrected chi connectivity index (χ4v) is 2.71. The Balaban J connectivity index is 1.43. The topological polar surface area (TPSA) is 47.6 Å². The van der Waals surface area contributed by atoms with E-state index in [2.05, 4.69) is 5.32 Å². The number of halogens is 1. The minimum atomic E-state index is -0.191. The number of hydrogen-bond acceptors (Lipinski definition) is 3. The molecule has 0 spiro atoms. The van der Waals surface area contributed by atoms with Crippen molar-refractivity contribution >= 4 is 28.3 Å². The van der Waals surface area contributed by atoms with Crippen molar-refractivity contribution in [1.29, 1.82) is 0 Å². The van der Waals surface area contributed by atoms with Gasteiger partial charge in [0.2, 0.25) is 0 Å². The summed E-state index contributed by atoms with van der Waals surface area (Å²) in [6, 6.07) is 19.2. The quantitative estimate of drug-likeness (QED) is 0.629. The fourth-order valence-electron chi connectivity index (χ4n) is 2.54. The Morgan fingerprint density at radius 3 is 2.69 bits per heavy atom. The van der Waals surface area contributed by atoms with Crippen LogP contribution in [-0.4, -0.2) is 25.7 Å². The summed E-state index contributed by atoms with van der Waals surface area (Å²) < 4.78 is 11.2. The van der Waals surface area contributed by atoms with Crippen molar-refractivity contribution in [2.24, 2.45) is 0 Å². The lowest BCUT2D eigenvalue weighted by molar-refractivity contribution is -0.123. The number of aryl methyl sites for hydroxylation is 1. The molecule has 0 aliphatic heterocycles. The molecule has 0 aliphatic rings. The van der Waals surface area contributed by atoms with Crippen molar-refractivity contribution in [3.8, 4) is 11.5 Å². The molecule has 3 rings (SSSR count). The molecule has 0 heterocycles. The van der Waals surface area contributed by atoms with Gasteiger partial charge in [-0.25, -0.2) is 0 Å². The van der Waals surface area contributed by atoms with Crippen molar-refractivity contribution in [1.82, 2.24) is 5.32 Å². The Morgan fingerprint density at radius 2 is 1.85 bits per heavy atom. The first-order chi connectivity index (χ1) is 12.6. The van der Waals surface area contributed by atoms with Gasteiger partial charge in [0.1, 0.15) is 18.1 Å². The van der Waals surface area contributed by atoms with Crippen molar-refractivity contribution in [3.05, 3.63) is 71.2 Å². The van der Waals surface area contributed by atoms with Crippen LogP contribution in [0.15, 0.2) is 60.7 Å². The van der Waals surface area contributed by atoms with E-state index in [9.17, 15) is 4.79 Å². The van der Waals surface area contributed by atoms with Gasteiger partial charge in [0.15, 0.2) is 6.61 Å². The molecule has 0 fully saturated rings. The molecular formula is C21H20ClNO3. The molecule has 3 aromatic carbocycles. The lowest BCUT2D eigenvalue weighted by Crippen LogP contribution is -2.32. The van der Waals surface area contributed by atoms with E-state index in [1.54, 1.807) is 6.07 Å². The number of carbonyl (C=O) groups is 1. The molecule has 0 bridgehead atoms. The fraction of sp³-hybridized carbons (Fsp3) is 0.190. The van der Waals surface area contributed by atoms with Crippen LogP contribution in [0.3, 0.4) is 0 Å². The third-order valence-corrected chi connectivity index (χ3v) is 4.35. The summed E-state index contributed by atoms with van der Waals surface area (Å²) in [6.45, 7) is 2.65. The molecule has 0 saturated carbocycles. The summed E-state index contributed by atoms with van der Waals surface area (Å²) in [5, 5.41) is 5.50. The predicted octanol–water partition coefficient (Wildman–Crippen LogP) is 4.38. The van der Waals surface area contributed by atoms with Crippen LogP contribution in [0.25, 0.3) is 10.8 Å². The SMILES string of the molecule is Cc1ccc(OCCNC(=O)COc2cccc3ccccc23)cc1Cl. The van der Waals surface area contributed by atoms with Crippen molar-refractivity contribution in [2.45, 2.75) is 6.92 Å². The summed E-state index contributed by atoms with van der Waals surface area (Å²) in [5.74, 6) is 1.19. The molecule has 4 nitrogen and oxygen atoms in total. The summed E-state index contributed by atoms with van der Waals surface area (Å²) in [7, 11) is 0. The van der Waals surface area contributed by atoms with Gasteiger partial charge in [0.25, 0.3) is 5.91 Å². The highest BCUT2D eigenvalue weighted by Crippen LogP contribution is 2.25. The molecule has 1 N–H and O–H groups in total. The number of amides is 1. The van der Waals surface area contributed by atoms with E-state index in [1.807, 2.05) is 61.5 Å². The van der Waals surface area contributed by atoms with E-state index >= 15 is 0 Å². The predicted molar refractivity (Wildman–Crippen MR) is 104 cm³/mol. The molecule has 1 amide bonds. The lowest BCUT2D eigenvalue weighted by atomic mass is 10.1. The second kappa shape index (κ2) is 8.59. The van der Waals surface area contributed by atoms with Crippen LogP contribution in [0, 0.1) is 6.92 Å². The average Bonchev–Trinajstić information content (AvgIpc) is 2.66. The Kier molecular flexibility index (Phi) is 5.97. The number of ether oxygens (including phenoxy) is 2. The Hall–Kier alpha value is -2.72. The van der Waals surface area contributed by atoms with Crippen LogP contribution in [0.2, 0.25) is 5.02 Å². The Bertz CT molecular complexity index is 905.